The van der Waals surface area contributed by atoms with E-state index in [1.54, 1.807) is 19.2 Å². The third-order valence-electron chi connectivity index (χ3n) is 1.91. The minimum Gasteiger partial charge on any atom is -0.398 e. The first-order valence-electron chi connectivity index (χ1n) is 5.91. The summed E-state index contributed by atoms with van der Waals surface area (Å²) in [6.07, 6.45) is 0. The minimum atomic E-state index is -3.17. The van der Waals surface area contributed by atoms with Crippen LogP contribution in [0.15, 0.2) is 10.5 Å². The van der Waals surface area contributed by atoms with Crippen LogP contribution in [0.2, 0.25) is 0 Å². The average molecular weight is 353 g/mol. The van der Waals surface area contributed by atoms with Gasteiger partial charge in [-0.05, 0) is 13.8 Å². The summed E-state index contributed by atoms with van der Waals surface area (Å²) < 4.78 is 15.6. The molecule has 0 aliphatic carbocycles. The van der Waals surface area contributed by atoms with Gasteiger partial charge >= 0.3 is 12.7 Å². The van der Waals surface area contributed by atoms with Crippen LogP contribution in [0.1, 0.15) is 19.5 Å². The molecule has 118 valence electrons. The van der Waals surface area contributed by atoms with Gasteiger partial charge in [-0.25, -0.2) is 9.78 Å². The van der Waals surface area contributed by atoms with Crippen LogP contribution >= 0.6 is 18.1 Å². The van der Waals surface area contributed by atoms with Crippen LogP contribution in [0.3, 0.4) is 0 Å². The first-order valence-corrected chi connectivity index (χ1v) is 9.34. The molecule has 11 heteroatoms. The summed E-state index contributed by atoms with van der Waals surface area (Å²) in [6.45, 7) is 0.778. The van der Waals surface area contributed by atoms with E-state index in [0.29, 0.717) is 0 Å². The molecule has 0 saturated heterocycles. The van der Waals surface area contributed by atoms with Crippen LogP contribution in [0.25, 0.3) is 0 Å². The highest BCUT2D eigenvalue weighted by Gasteiger charge is 2.29. The zero-order valence-electron chi connectivity index (χ0n) is 11.8. The maximum atomic E-state index is 12.2. The van der Waals surface area contributed by atoms with Crippen molar-refractivity contribution >= 4 is 46.7 Å². The normalized spacial score (nSPS) is 12.2. The number of nitrogens with zero attached hydrogens (tertiary/aromatic N) is 2. The van der Waals surface area contributed by atoms with Crippen LogP contribution in [-0.2, 0) is 35.0 Å². The molecule has 0 atom stereocenters. The van der Waals surface area contributed by atoms with Gasteiger partial charge in [0, 0.05) is 17.2 Å². The summed E-state index contributed by atoms with van der Waals surface area (Å²) in [4.78, 5) is 20.8. The van der Waals surface area contributed by atoms with Gasteiger partial charge in [-0.3, -0.25) is 9.05 Å². The summed E-state index contributed by atoms with van der Waals surface area (Å²) >= 11 is 6.28. The molecule has 8 nitrogen and oxygen atoms in total. The van der Waals surface area contributed by atoms with Gasteiger partial charge < -0.3 is 15.1 Å². The highest BCUT2D eigenvalue weighted by molar-refractivity contribution is 8.07. The van der Waals surface area contributed by atoms with E-state index in [-0.39, 0.29) is 29.8 Å². The third kappa shape index (κ3) is 5.33. The predicted octanol–water partition coefficient (Wildman–Crippen LogP) is 1.92. The van der Waals surface area contributed by atoms with Gasteiger partial charge in [0.1, 0.15) is 12.8 Å². The van der Waals surface area contributed by atoms with Crippen LogP contribution in [-0.4, -0.2) is 37.0 Å². The van der Waals surface area contributed by atoms with Crippen molar-refractivity contribution in [2.45, 2.75) is 13.8 Å². The van der Waals surface area contributed by atoms with Crippen LogP contribution < -0.4 is 5.73 Å². The maximum absolute atomic E-state index is 12.2. The lowest BCUT2D eigenvalue weighted by atomic mass is 10.3. The van der Waals surface area contributed by atoms with Gasteiger partial charge in [0.05, 0.1) is 13.2 Å². The largest absolute Gasteiger partial charge is 0.398 e. The van der Waals surface area contributed by atoms with E-state index in [4.69, 9.17) is 31.1 Å². The molecule has 0 unspecified atom stereocenters. The van der Waals surface area contributed by atoms with Gasteiger partial charge in [-0.15, -0.1) is 11.3 Å². The smallest absolute Gasteiger partial charge is 0.383 e. The predicted molar refractivity (Wildman–Crippen MR) is 83.7 cm³/mol. The fourth-order valence-corrected chi connectivity index (χ4v) is 3.71. The molecular formula is C10H16N3O5PS2. The van der Waals surface area contributed by atoms with Crippen LogP contribution in [0, 0.1) is 0 Å². The molecule has 0 aromatic carbocycles. The molecule has 0 aliphatic heterocycles. The molecule has 1 aromatic heterocycles. The van der Waals surface area contributed by atoms with E-state index in [1.807, 2.05) is 0 Å². The molecule has 0 spiro atoms. The summed E-state index contributed by atoms with van der Waals surface area (Å²) in [5.41, 5.74) is 5.61. The maximum Gasteiger partial charge on any atom is 0.383 e. The zero-order valence-corrected chi connectivity index (χ0v) is 14.3. The lowest BCUT2D eigenvalue weighted by Gasteiger charge is -2.19. The molecule has 2 N–H and O–H groups in total. The quantitative estimate of drug-likeness (QED) is 0.429. The Labute approximate surface area is 131 Å². The topological polar surface area (TPSA) is 105 Å². The first kappa shape index (κ1) is 18.0. The Morgan fingerprint density at radius 2 is 2.10 bits per heavy atom. The van der Waals surface area contributed by atoms with Gasteiger partial charge in [0.25, 0.3) is 0 Å². The Balaban J connectivity index is 2.97. The number of nitrogens with two attached hydrogens (primary N) is 1. The summed E-state index contributed by atoms with van der Waals surface area (Å²) in [5, 5.41) is 5.45. The third-order valence-corrected chi connectivity index (χ3v) is 4.98. The molecule has 1 aromatic rings. The highest BCUT2D eigenvalue weighted by Crippen LogP contribution is 2.49. The average Bonchev–Trinajstić information content (AvgIpc) is 2.82. The number of nitrogen functional groups attached to an aromatic ring is 1. The lowest BCUT2D eigenvalue weighted by molar-refractivity contribution is -0.128. The number of carbonyl (C=O) groups excluding carboxylic acids is 1. The highest BCUT2D eigenvalue weighted by atomic mass is 32.5. The second-order valence-corrected chi connectivity index (χ2v) is 7.18. The zero-order chi connectivity index (χ0) is 15.9. The molecule has 1 rings (SSSR count). The van der Waals surface area contributed by atoms with Crippen LogP contribution in [0.4, 0.5) is 5.13 Å². The molecule has 0 bridgehead atoms. The van der Waals surface area contributed by atoms with Crippen molar-refractivity contribution in [2.75, 3.05) is 26.1 Å². The fourth-order valence-electron chi connectivity index (χ4n) is 1.23. The molecule has 21 heavy (non-hydrogen) atoms. The number of aromatic nitrogens is 1. The van der Waals surface area contributed by atoms with Crippen molar-refractivity contribution in [3.8, 4) is 0 Å². The standard InChI is InChI=1S/C10H16N3O5PS2/c1-4-16-19(20,17-5-2)18-9(14)8(13-15-3)7-6-21-10(11)12-7/h6H,4-5H2,1-3H3,(H2,11,12)/b13-8-. The van der Waals surface area contributed by atoms with Gasteiger partial charge in [0.2, 0.25) is 5.71 Å². The van der Waals surface area contributed by atoms with Gasteiger partial charge in [-0.1, -0.05) is 5.16 Å². The van der Waals surface area contributed by atoms with Crippen molar-refractivity contribution in [3.05, 3.63) is 11.1 Å². The Morgan fingerprint density at radius 1 is 1.48 bits per heavy atom. The van der Waals surface area contributed by atoms with E-state index < -0.39 is 12.7 Å². The van der Waals surface area contributed by atoms with Crippen molar-refractivity contribution in [2.24, 2.45) is 5.16 Å². The summed E-state index contributed by atoms with van der Waals surface area (Å²) in [7, 11) is 1.30. The van der Waals surface area contributed by atoms with E-state index in [9.17, 15) is 4.79 Å². The van der Waals surface area contributed by atoms with E-state index in [0.717, 1.165) is 11.3 Å². The van der Waals surface area contributed by atoms with Crippen LogP contribution in [0.5, 0.6) is 0 Å². The van der Waals surface area contributed by atoms with E-state index in [1.165, 1.54) is 7.11 Å². The van der Waals surface area contributed by atoms with Gasteiger partial charge in [-0.2, -0.15) is 0 Å². The van der Waals surface area contributed by atoms with E-state index >= 15 is 0 Å². The van der Waals surface area contributed by atoms with E-state index in [2.05, 4.69) is 15.0 Å². The first-order chi connectivity index (χ1) is 9.95. The molecule has 1 heterocycles. The second-order valence-electron chi connectivity index (χ2n) is 3.35. The summed E-state index contributed by atoms with van der Waals surface area (Å²) in [6, 6.07) is 0. The number of hydrogen-bond acceptors (Lipinski definition) is 10. The molecule has 0 amide bonds. The number of rotatable bonds is 8. The Morgan fingerprint density at radius 3 is 2.52 bits per heavy atom. The van der Waals surface area contributed by atoms with Gasteiger partial charge in [0.15, 0.2) is 5.13 Å². The molecule has 0 fully saturated rings. The van der Waals surface area contributed by atoms with Crippen molar-refractivity contribution in [1.29, 1.82) is 0 Å². The molecule has 0 aliphatic rings. The summed E-state index contributed by atoms with van der Waals surface area (Å²) in [5.74, 6) is -0.840. The Bertz CT molecular complexity index is 553. The molecular weight excluding hydrogens is 337 g/mol. The Hall–Kier alpha value is -1.06. The monoisotopic (exact) mass is 353 g/mol. The second kappa shape index (κ2) is 8.40. The minimum absolute atomic E-state index is 0.154. The molecule has 0 radical (unpaired) electrons. The Kier molecular flexibility index (Phi) is 7.20. The van der Waals surface area contributed by atoms with Crippen molar-refractivity contribution < 1.29 is 23.2 Å². The SMILES string of the molecule is CCOP(=S)(OCC)OC(=O)/C(=N\OC)c1csc(N)n1. The fraction of sp³-hybridized carbons (Fsp3) is 0.500. The van der Waals surface area contributed by atoms with Crippen molar-refractivity contribution in [1.82, 2.24) is 4.98 Å². The van der Waals surface area contributed by atoms with Crippen molar-refractivity contribution in [3.63, 3.8) is 0 Å². The number of carbonyl (C=O) groups is 1. The number of anilines is 1. The lowest BCUT2D eigenvalue weighted by Crippen LogP contribution is -2.20. The number of thiazole rings is 1. The number of hydrogen-bond donors (Lipinski definition) is 1. The molecule has 0 saturated carbocycles. The number of oxime groups is 1.